The van der Waals surface area contributed by atoms with E-state index < -0.39 is 0 Å². The first-order valence-corrected chi connectivity index (χ1v) is 5.98. The summed E-state index contributed by atoms with van der Waals surface area (Å²) in [5.41, 5.74) is 3.72. The van der Waals surface area contributed by atoms with Crippen molar-refractivity contribution >= 4 is 11.7 Å². The van der Waals surface area contributed by atoms with Gasteiger partial charge in [-0.25, -0.2) is 10.8 Å². The van der Waals surface area contributed by atoms with Gasteiger partial charge in [-0.15, -0.1) is 0 Å². The standard InChI is InChI=1S/C12H20N4O2/c1-3-18-6-4-5-14-12(17)10-7-9(2)15-11(8-10)16-13/h7-8H,3-6,13H2,1-2H3,(H,14,17)(H,15,16). The number of aromatic nitrogens is 1. The van der Waals surface area contributed by atoms with Crippen molar-refractivity contribution in [2.75, 3.05) is 25.2 Å². The summed E-state index contributed by atoms with van der Waals surface area (Å²) in [6.07, 6.45) is 0.797. The van der Waals surface area contributed by atoms with Gasteiger partial charge in [-0.05, 0) is 32.4 Å². The Morgan fingerprint density at radius 1 is 1.50 bits per heavy atom. The third-order valence-corrected chi connectivity index (χ3v) is 2.32. The van der Waals surface area contributed by atoms with Crippen LogP contribution in [-0.2, 0) is 4.74 Å². The summed E-state index contributed by atoms with van der Waals surface area (Å²) in [5.74, 6) is 5.63. The van der Waals surface area contributed by atoms with Crippen molar-refractivity contribution in [3.05, 3.63) is 23.4 Å². The second-order valence-corrected chi connectivity index (χ2v) is 3.83. The highest BCUT2D eigenvalue weighted by Crippen LogP contribution is 2.08. The van der Waals surface area contributed by atoms with Crippen LogP contribution in [0, 0.1) is 6.92 Å². The Hall–Kier alpha value is -1.66. The number of nitrogens with two attached hydrogens (primary N) is 1. The largest absolute Gasteiger partial charge is 0.382 e. The predicted octanol–water partition coefficient (Wildman–Crippen LogP) is 0.832. The van der Waals surface area contributed by atoms with E-state index in [0.717, 1.165) is 12.1 Å². The monoisotopic (exact) mass is 252 g/mol. The van der Waals surface area contributed by atoms with Crippen molar-refractivity contribution in [2.24, 2.45) is 5.84 Å². The minimum absolute atomic E-state index is 0.131. The molecule has 0 atom stereocenters. The summed E-state index contributed by atoms with van der Waals surface area (Å²) < 4.78 is 5.19. The molecule has 1 rings (SSSR count). The fourth-order valence-electron chi connectivity index (χ4n) is 1.50. The lowest BCUT2D eigenvalue weighted by Gasteiger charge is -2.07. The quantitative estimate of drug-likeness (QED) is 0.380. The second-order valence-electron chi connectivity index (χ2n) is 3.83. The molecule has 0 fully saturated rings. The summed E-state index contributed by atoms with van der Waals surface area (Å²) in [4.78, 5) is 16.0. The van der Waals surface area contributed by atoms with Gasteiger partial charge < -0.3 is 15.5 Å². The zero-order chi connectivity index (χ0) is 13.4. The molecule has 0 bridgehead atoms. The summed E-state index contributed by atoms with van der Waals surface area (Å²) in [7, 11) is 0. The third kappa shape index (κ3) is 4.68. The van der Waals surface area contributed by atoms with E-state index in [2.05, 4.69) is 15.7 Å². The van der Waals surface area contributed by atoms with Crippen LogP contribution in [0.5, 0.6) is 0 Å². The van der Waals surface area contributed by atoms with E-state index in [1.54, 1.807) is 12.1 Å². The SMILES string of the molecule is CCOCCCNC(=O)c1cc(C)nc(NN)c1. The molecule has 1 amide bonds. The van der Waals surface area contributed by atoms with E-state index in [0.29, 0.717) is 31.1 Å². The Balaban J connectivity index is 2.48. The lowest BCUT2D eigenvalue weighted by Crippen LogP contribution is -2.25. The number of ether oxygens (including phenoxy) is 1. The second kappa shape index (κ2) is 7.62. The molecule has 100 valence electrons. The maximum atomic E-state index is 11.8. The topological polar surface area (TPSA) is 89.3 Å². The van der Waals surface area contributed by atoms with E-state index in [1.807, 2.05) is 13.8 Å². The number of hydrazine groups is 1. The number of anilines is 1. The number of aryl methyl sites for hydroxylation is 1. The highest BCUT2D eigenvalue weighted by atomic mass is 16.5. The number of hydrogen-bond donors (Lipinski definition) is 3. The van der Waals surface area contributed by atoms with Crippen LogP contribution in [0.3, 0.4) is 0 Å². The Kier molecular flexibility index (Phi) is 6.10. The summed E-state index contributed by atoms with van der Waals surface area (Å²) >= 11 is 0. The number of rotatable bonds is 7. The fraction of sp³-hybridized carbons (Fsp3) is 0.500. The van der Waals surface area contributed by atoms with Crippen molar-refractivity contribution in [1.82, 2.24) is 10.3 Å². The van der Waals surface area contributed by atoms with Crippen molar-refractivity contribution in [3.8, 4) is 0 Å². The van der Waals surface area contributed by atoms with Gasteiger partial charge in [0.05, 0.1) is 0 Å². The van der Waals surface area contributed by atoms with Crippen molar-refractivity contribution in [1.29, 1.82) is 0 Å². The first kappa shape index (κ1) is 14.4. The maximum Gasteiger partial charge on any atom is 0.251 e. The van der Waals surface area contributed by atoms with Crippen LogP contribution in [-0.4, -0.2) is 30.6 Å². The van der Waals surface area contributed by atoms with E-state index in [-0.39, 0.29) is 5.91 Å². The zero-order valence-electron chi connectivity index (χ0n) is 10.8. The molecule has 0 aliphatic carbocycles. The van der Waals surface area contributed by atoms with Gasteiger partial charge in [-0.1, -0.05) is 0 Å². The van der Waals surface area contributed by atoms with E-state index >= 15 is 0 Å². The fourth-order valence-corrected chi connectivity index (χ4v) is 1.50. The molecule has 0 aromatic carbocycles. The van der Waals surface area contributed by atoms with E-state index in [4.69, 9.17) is 10.6 Å². The average molecular weight is 252 g/mol. The molecule has 4 N–H and O–H groups in total. The lowest BCUT2D eigenvalue weighted by atomic mass is 10.2. The van der Waals surface area contributed by atoms with Crippen LogP contribution in [0.1, 0.15) is 29.4 Å². The summed E-state index contributed by atoms with van der Waals surface area (Å²) in [5, 5.41) is 2.82. The molecule has 0 radical (unpaired) electrons. The van der Waals surface area contributed by atoms with Crippen LogP contribution < -0.4 is 16.6 Å². The Morgan fingerprint density at radius 3 is 2.94 bits per heavy atom. The minimum Gasteiger partial charge on any atom is -0.382 e. The van der Waals surface area contributed by atoms with Crippen LogP contribution in [0.25, 0.3) is 0 Å². The number of carbonyl (C=O) groups is 1. The Morgan fingerprint density at radius 2 is 2.28 bits per heavy atom. The highest BCUT2D eigenvalue weighted by Gasteiger charge is 2.07. The molecule has 0 unspecified atom stereocenters. The molecule has 0 saturated carbocycles. The predicted molar refractivity (Wildman–Crippen MR) is 70.2 cm³/mol. The third-order valence-electron chi connectivity index (χ3n) is 2.32. The Bertz CT molecular complexity index is 396. The summed E-state index contributed by atoms with van der Waals surface area (Å²) in [6, 6.07) is 3.34. The molecule has 6 nitrogen and oxygen atoms in total. The molecule has 0 spiro atoms. The number of carbonyl (C=O) groups excluding carboxylic acids is 1. The highest BCUT2D eigenvalue weighted by molar-refractivity contribution is 5.94. The molecular formula is C12H20N4O2. The van der Waals surface area contributed by atoms with Gasteiger partial charge >= 0.3 is 0 Å². The summed E-state index contributed by atoms with van der Waals surface area (Å²) in [6.45, 7) is 5.70. The van der Waals surface area contributed by atoms with Gasteiger partial charge in [-0.2, -0.15) is 0 Å². The van der Waals surface area contributed by atoms with E-state index in [1.165, 1.54) is 0 Å². The molecule has 1 heterocycles. The molecule has 6 heteroatoms. The molecular weight excluding hydrogens is 232 g/mol. The van der Waals surface area contributed by atoms with Gasteiger partial charge in [0.1, 0.15) is 5.82 Å². The van der Waals surface area contributed by atoms with Gasteiger partial charge in [0.2, 0.25) is 0 Å². The first-order valence-electron chi connectivity index (χ1n) is 5.98. The number of nitrogens with zero attached hydrogens (tertiary/aromatic N) is 1. The molecule has 0 saturated heterocycles. The molecule has 18 heavy (non-hydrogen) atoms. The lowest BCUT2D eigenvalue weighted by molar-refractivity contribution is 0.0944. The molecule has 0 aliphatic heterocycles. The normalized spacial score (nSPS) is 10.2. The Labute approximate surface area is 107 Å². The van der Waals surface area contributed by atoms with Crippen molar-refractivity contribution in [3.63, 3.8) is 0 Å². The smallest absolute Gasteiger partial charge is 0.251 e. The minimum atomic E-state index is -0.131. The number of pyridine rings is 1. The van der Waals surface area contributed by atoms with Crippen molar-refractivity contribution < 1.29 is 9.53 Å². The van der Waals surface area contributed by atoms with Gasteiger partial charge in [-0.3, -0.25) is 4.79 Å². The van der Waals surface area contributed by atoms with Gasteiger partial charge in [0.15, 0.2) is 0 Å². The van der Waals surface area contributed by atoms with E-state index in [9.17, 15) is 4.79 Å². The number of hydrogen-bond acceptors (Lipinski definition) is 5. The molecule has 1 aromatic heterocycles. The molecule has 0 aliphatic rings. The number of nitrogens with one attached hydrogen (secondary N) is 2. The zero-order valence-corrected chi connectivity index (χ0v) is 10.8. The van der Waals surface area contributed by atoms with Crippen LogP contribution in [0.2, 0.25) is 0 Å². The van der Waals surface area contributed by atoms with Gasteiger partial charge in [0, 0.05) is 31.0 Å². The van der Waals surface area contributed by atoms with Crippen LogP contribution >= 0.6 is 0 Å². The van der Waals surface area contributed by atoms with Crippen molar-refractivity contribution in [2.45, 2.75) is 20.3 Å². The first-order chi connectivity index (χ1) is 8.67. The van der Waals surface area contributed by atoms with Crippen LogP contribution in [0.15, 0.2) is 12.1 Å². The number of amides is 1. The molecule has 1 aromatic rings. The number of nitrogen functional groups attached to an aromatic ring is 1. The maximum absolute atomic E-state index is 11.8. The average Bonchev–Trinajstić information content (AvgIpc) is 2.37. The van der Waals surface area contributed by atoms with Crippen LogP contribution in [0.4, 0.5) is 5.82 Å². The van der Waals surface area contributed by atoms with Gasteiger partial charge in [0.25, 0.3) is 5.91 Å².